The molecule has 0 aliphatic rings. The smallest absolute Gasteiger partial charge is 0.429 e. The fourth-order valence-electron chi connectivity index (χ4n) is 2.70. The quantitative estimate of drug-likeness (QED) is 0.290. The van der Waals surface area contributed by atoms with Gasteiger partial charge in [-0.05, 0) is 52.7 Å². The average Bonchev–Trinajstić information content (AvgIpc) is 2.97. The number of nitrogens with zero attached hydrogens (tertiary/aromatic N) is 3. The van der Waals surface area contributed by atoms with Gasteiger partial charge in [-0.1, -0.05) is 60.7 Å². The number of hydrazine groups is 3. The number of carbonyl (C=O) groups is 4. The molecular formula is C31H50N6O8. The van der Waals surface area contributed by atoms with Gasteiger partial charge in [0.1, 0.15) is 24.4 Å². The first-order valence-corrected chi connectivity index (χ1v) is 14.1. The second kappa shape index (κ2) is 20.4. The summed E-state index contributed by atoms with van der Waals surface area (Å²) in [5.41, 5.74) is 8.21. The molecule has 0 heterocycles. The Bertz CT molecular complexity index is 1150. The van der Waals surface area contributed by atoms with Gasteiger partial charge in [-0.2, -0.15) is 0 Å². The van der Waals surface area contributed by atoms with Gasteiger partial charge in [0.2, 0.25) is 0 Å². The van der Waals surface area contributed by atoms with Gasteiger partial charge in [0, 0.05) is 35.2 Å². The Labute approximate surface area is 266 Å². The van der Waals surface area contributed by atoms with Gasteiger partial charge in [-0.15, -0.1) is 0 Å². The maximum absolute atomic E-state index is 11.9. The van der Waals surface area contributed by atoms with Crippen LogP contribution in [0.3, 0.4) is 0 Å². The Morgan fingerprint density at radius 2 is 1.02 bits per heavy atom. The molecule has 14 nitrogen and oxygen atoms in total. The van der Waals surface area contributed by atoms with E-state index in [0.29, 0.717) is 6.61 Å². The Balaban J connectivity index is 0.000000697. The first-order chi connectivity index (χ1) is 20.9. The van der Waals surface area contributed by atoms with Gasteiger partial charge in [0.25, 0.3) is 0 Å². The van der Waals surface area contributed by atoms with E-state index in [4.69, 9.17) is 18.9 Å². The monoisotopic (exact) mass is 634 g/mol. The molecule has 3 N–H and O–H groups in total. The molecule has 0 spiro atoms. The van der Waals surface area contributed by atoms with E-state index >= 15 is 0 Å². The lowest BCUT2D eigenvalue weighted by Crippen LogP contribution is -2.47. The van der Waals surface area contributed by atoms with Gasteiger partial charge in [0.05, 0.1) is 0 Å². The first kappa shape index (κ1) is 40.4. The summed E-state index contributed by atoms with van der Waals surface area (Å²) >= 11 is 0. The average molecular weight is 635 g/mol. The number of amides is 4. The zero-order chi connectivity index (χ0) is 34.6. The molecule has 0 aromatic heterocycles. The number of ether oxygens (including phenoxy) is 4. The van der Waals surface area contributed by atoms with E-state index < -0.39 is 35.6 Å². The third kappa shape index (κ3) is 20.1. The van der Waals surface area contributed by atoms with E-state index in [2.05, 4.69) is 16.3 Å². The molecule has 2 aromatic rings. The number of nitrogens with one attached hydrogen (secondary N) is 3. The minimum Gasteiger partial charge on any atom is -0.444 e. The number of carbonyl (C=O) groups excluding carboxylic acids is 4. The Hall–Kier alpha value is -4.56. The van der Waals surface area contributed by atoms with Crippen LogP contribution in [0.1, 0.15) is 52.7 Å². The SMILES string of the molecule is CN(C(=O)OCc1ccccc1)N(C)C(=O)OC(C)(C)C.CNN(C)C(=O)OCc1ccccc1.CNNC(=O)OC(C)(C)C. The minimum absolute atomic E-state index is 0.145. The van der Waals surface area contributed by atoms with Crippen molar-refractivity contribution in [1.82, 2.24) is 31.3 Å². The zero-order valence-corrected chi connectivity index (χ0v) is 28.3. The standard InChI is InChI=1S/C15H22N2O4.C10H14N2O2.C6H14N2O2/c1-15(2,3)21-14(19)17(5)16(4)13(18)20-11-12-9-7-6-8-10-12;1-11-12(2)10(13)14-8-9-6-4-3-5-7-9;1-6(2,3)10-5(9)8-7-4/h6-10H,11H2,1-5H3;3-7,11H,8H2,1-2H3;7H,1-4H3,(H,8,9). The van der Waals surface area contributed by atoms with Crippen molar-refractivity contribution in [2.24, 2.45) is 0 Å². The Kier molecular flexibility index (Phi) is 18.3. The number of benzene rings is 2. The zero-order valence-electron chi connectivity index (χ0n) is 28.3. The van der Waals surface area contributed by atoms with Crippen molar-refractivity contribution in [2.45, 2.75) is 66.0 Å². The fraction of sp³-hybridized carbons (Fsp3) is 0.484. The normalized spacial score (nSPS) is 10.4. The molecule has 0 saturated carbocycles. The molecule has 14 heteroatoms. The van der Waals surface area contributed by atoms with Crippen LogP contribution in [0.25, 0.3) is 0 Å². The first-order valence-electron chi connectivity index (χ1n) is 14.1. The van der Waals surface area contributed by atoms with Crippen LogP contribution in [0.5, 0.6) is 0 Å². The summed E-state index contributed by atoms with van der Waals surface area (Å²) in [6, 6.07) is 18.9. The highest BCUT2D eigenvalue weighted by molar-refractivity contribution is 5.74. The molecule has 0 fully saturated rings. The molecule has 45 heavy (non-hydrogen) atoms. The van der Waals surface area contributed by atoms with Gasteiger partial charge in [0.15, 0.2) is 0 Å². The summed E-state index contributed by atoms with van der Waals surface area (Å²) in [7, 11) is 7.75. The summed E-state index contributed by atoms with van der Waals surface area (Å²) in [6.45, 7) is 11.1. The van der Waals surface area contributed by atoms with Gasteiger partial charge in [-0.25, -0.2) is 45.1 Å². The highest BCUT2D eigenvalue weighted by Crippen LogP contribution is 2.11. The molecule has 252 valence electrons. The molecule has 0 aliphatic carbocycles. The van der Waals surface area contributed by atoms with Crippen molar-refractivity contribution in [3.63, 3.8) is 0 Å². The van der Waals surface area contributed by atoms with Crippen LogP contribution in [-0.4, -0.2) is 85.8 Å². The lowest BCUT2D eigenvalue weighted by Gasteiger charge is -2.29. The molecular weight excluding hydrogens is 584 g/mol. The molecule has 2 rings (SSSR count). The molecule has 2 aromatic carbocycles. The van der Waals surface area contributed by atoms with E-state index in [9.17, 15) is 19.2 Å². The van der Waals surface area contributed by atoms with E-state index in [1.165, 1.54) is 19.1 Å². The molecule has 0 unspecified atom stereocenters. The topological polar surface area (TPSA) is 151 Å². The third-order valence-electron chi connectivity index (χ3n) is 5.02. The van der Waals surface area contributed by atoms with Crippen LogP contribution in [0.4, 0.5) is 19.2 Å². The van der Waals surface area contributed by atoms with Gasteiger partial charge < -0.3 is 18.9 Å². The second-order valence-electron chi connectivity index (χ2n) is 11.3. The maximum Gasteiger partial charge on any atom is 0.429 e. The highest BCUT2D eigenvalue weighted by Gasteiger charge is 2.25. The molecule has 4 amide bonds. The number of hydrogen-bond donors (Lipinski definition) is 3. The van der Waals surface area contributed by atoms with Crippen LogP contribution >= 0.6 is 0 Å². The van der Waals surface area contributed by atoms with Crippen molar-refractivity contribution >= 4 is 24.4 Å². The second-order valence-corrected chi connectivity index (χ2v) is 11.3. The van der Waals surface area contributed by atoms with Crippen molar-refractivity contribution < 1.29 is 38.1 Å². The van der Waals surface area contributed by atoms with Crippen LogP contribution in [0.2, 0.25) is 0 Å². The van der Waals surface area contributed by atoms with Crippen LogP contribution in [-0.2, 0) is 32.2 Å². The fourth-order valence-corrected chi connectivity index (χ4v) is 2.70. The largest absolute Gasteiger partial charge is 0.444 e. The summed E-state index contributed by atoms with van der Waals surface area (Å²) < 4.78 is 20.2. The molecule has 0 radical (unpaired) electrons. The van der Waals surface area contributed by atoms with E-state index in [1.54, 1.807) is 41.9 Å². The van der Waals surface area contributed by atoms with Crippen LogP contribution in [0, 0.1) is 0 Å². The van der Waals surface area contributed by atoms with Gasteiger partial charge >= 0.3 is 24.4 Å². The molecule has 0 atom stereocenters. The van der Waals surface area contributed by atoms with Crippen molar-refractivity contribution in [3.05, 3.63) is 71.8 Å². The van der Waals surface area contributed by atoms with Crippen LogP contribution < -0.4 is 16.3 Å². The summed E-state index contributed by atoms with van der Waals surface area (Å²) in [5, 5.41) is 3.42. The van der Waals surface area contributed by atoms with Crippen molar-refractivity contribution in [1.29, 1.82) is 0 Å². The third-order valence-corrected chi connectivity index (χ3v) is 5.02. The predicted molar refractivity (Wildman–Crippen MR) is 170 cm³/mol. The van der Waals surface area contributed by atoms with Crippen LogP contribution in [0.15, 0.2) is 60.7 Å². The van der Waals surface area contributed by atoms with Crippen molar-refractivity contribution in [2.75, 3.05) is 35.2 Å². The predicted octanol–water partition coefficient (Wildman–Crippen LogP) is 5.07. The number of rotatable bonds is 6. The van der Waals surface area contributed by atoms with E-state index in [1.807, 2.05) is 81.4 Å². The minimum atomic E-state index is -0.632. The summed E-state index contributed by atoms with van der Waals surface area (Å²) in [4.78, 5) is 45.6. The van der Waals surface area contributed by atoms with E-state index in [0.717, 1.165) is 21.1 Å². The molecule has 0 bridgehead atoms. The van der Waals surface area contributed by atoms with Gasteiger partial charge in [-0.3, -0.25) is 5.43 Å². The lowest BCUT2D eigenvalue weighted by atomic mass is 10.2. The lowest BCUT2D eigenvalue weighted by molar-refractivity contribution is -0.0265. The highest BCUT2D eigenvalue weighted by atomic mass is 16.6. The Morgan fingerprint density at radius 3 is 1.40 bits per heavy atom. The summed E-state index contributed by atoms with van der Waals surface area (Å²) in [6.07, 6.45) is -2.11. The summed E-state index contributed by atoms with van der Waals surface area (Å²) in [5.74, 6) is 0. The van der Waals surface area contributed by atoms with Crippen molar-refractivity contribution in [3.8, 4) is 0 Å². The number of hydrogen-bond acceptors (Lipinski definition) is 10. The maximum atomic E-state index is 11.9. The molecule has 0 aliphatic heterocycles. The molecule has 0 saturated heterocycles. The van der Waals surface area contributed by atoms with E-state index in [-0.39, 0.29) is 6.61 Å². The Morgan fingerprint density at radius 1 is 0.622 bits per heavy atom.